The summed E-state index contributed by atoms with van der Waals surface area (Å²) in [7, 11) is 3.41. The minimum atomic E-state index is 0.0806. The fraction of sp³-hybridized carbons (Fsp3) is 0.600. The summed E-state index contributed by atoms with van der Waals surface area (Å²) in [6.07, 6.45) is 2.03. The zero-order chi connectivity index (χ0) is 13.5. The Morgan fingerprint density at radius 2 is 1.72 bits per heavy atom. The van der Waals surface area contributed by atoms with Gasteiger partial charge in [-0.05, 0) is 36.5 Å². The number of ether oxygens (including phenoxy) is 2. The average molecular weight is 251 g/mol. The molecule has 0 saturated heterocycles. The number of aryl methyl sites for hydroxylation is 1. The molecule has 1 rings (SSSR count). The van der Waals surface area contributed by atoms with E-state index in [1.54, 1.807) is 14.2 Å². The molecule has 0 aliphatic carbocycles. The Kier molecular flexibility index (Phi) is 6.16. The van der Waals surface area contributed by atoms with Gasteiger partial charge < -0.3 is 15.2 Å². The molecule has 2 atom stereocenters. The molecule has 3 nitrogen and oxygen atoms in total. The molecule has 0 aliphatic heterocycles. The predicted molar refractivity (Wildman–Crippen MR) is 74.9 cm³/mol. The van der Waals surface area contributed by atoms with Crippen molar-refractivity contribution in [3.8, 4) is 5.75 Å². The quantitative estimate of drug-likeness (QED) is 0.810. The van der Waals surface area contributed by atoms with Gasteiger partial charge in [-0.3, -0.25) is 0 Å². The molecule has 0 amide bonds. The predicted octanol–water partition coefficient (Wildman–Crippen LogP) is 2.63. The van der Waals surface area contributed by atoms with Gasteiger partial charge in [0, 0.05) is 13.2 Å². The van der Waals surface area contributed by atoms with E-state index < -0.39 is 0 Å². The van der Waals surface area contributed by atoms with Crippen LogP contribution in [0.25, 0.3) is 0 Å². The zero-order valence-corrected chi connectivity index (χ0v) is 11.8. The molecular formula is C15H25NO2. The first-order valence-electron chi connectivity index (χ1n) is 6.49. The van der Waals surface area contributed by atoms with Gasteiger partial charge in [-0.2, -0.15) is 0 Å². The zero-order valence-electron chi connectivity index (χ0n) is 11.8. The number of hydrogen-bond donors (Lipinski definition) is 1. The van der Waals surface area contributed by atoms with Gasteiger partial charge in [0.1, 0.15) is 5.75 Å². The molecule has 0 spiro atoms. The van der Waals surface area contributed by atoms with Crippen molar-refractivity contribution in [2.75, 3.05) is 14.2 Å². The van der Waals surface area contributed by atoms with Crippen molar-refractivity contribution in [3.05, 3.63) is 29.8 Å². The van der Waals surface area contributed by atoms with E-state index in [4.69, 9.17) is 15.2 Å². The van der Waals surface area contributed by atoms with Gasteiger partial charge in [0.2, 0.25) is 0 Å². The second-order valence-electron chi connectivity index (χ2n) is 4.99. The van der Waals surface area contributed by atoms with E-state index in [9.17, 15) is 0 Å². The molecule has 0 saturated carbocycles. The summed E-state index contributed by atoms with van der Waals surface area (Å²) in [5, 5.41) is 0. The number of rotatable bonds is 7. The van der Waals surface area contributed by atoms with Crippen LogP contribution in [0.15, 0.2) is 24.3 Å². The first-order valence-corrected chi connectivity index (χ1v) is 6.49. The minimum Gasteiger partial charge on any atom is -0.497 e. The molecule has 0 radical (unpaired) electrons. The molecule has 1 aromatic rings. The summed E-state index contributed by atoms with van der Waals surface area (Å²) >= 11 is 0. The monoisotopic (exact) mass is 251 g/mol. The maximum atomic E-state index is 6.18. The number of benzene rings is 1. The van der Waals surface area contributed by atoms with Crippen molar-refractivity contribution in [1.29, 1.82) is 0 Å². The third kappa shape index (κ3) is 4.31. The molecule has 3 heteroatoms. The number of methoxy groups -OCH3 is 2. The molecule has 0 aromatic heterocycles. The van der Waals surface area contributed by atoms with Crippen LogP contribution in [0, 0.1) is 5.92 Å². The van der Waals surface area contributed by atoms with Crippen LogP contribution in [0.2, 0.25) is 0 Å². The summed E-state index contributed by atoms with van der Waals surface area (Å²) in [5.74, 6) is 1.33. The van der Waals surface area contributed by atoms with E-state index in [-0.39, 0.29) is 12.1 Å². The van der Waals surface area contributed by atoms with Crippen molar-refractivity contribution in [1.82, 2.24) is 0 Å². The first kappa shape index (κ1) is 15.0. The van der Waals surface area contributed by atoms with Crippen LogP contribution >= 0.6 is 0 Å². The lowest BCUT2D eigenvalue weighted by Gasteiger charge is -2.25. The third-order valence-corrected chi connectivity index (χ3v) is 3.28. The lowest BCUT2D eigenvalue weighted by Crippen LogP contribution is -2.40. The van der Waals surface area contributed by atoms with Gasteiger partial charge in [0.15, 0.2) is 0 Å². The second-order valence-corrected chi connectivity index (χ2v) is 4.99. The van der Waals surface area contributed by atoms with E-state index in [1.807, 2.05) is 12.1 Å². The van der Waals surface area contributed by atoms with E-state index >= 15 is 0 Å². The second kappa shape index (κ2) is 7.39. The summed E-state index contributed by atoms with van der Waals surface area (Å²) in [6, 6.07) is 8.22. The Morgan fingerprint density at radius 3 is 2.17 bits per heavy atom. The van der Waals surface area contributed by atoms with Crippen LogP contribution in [0.1, 0.15) is 25.8 Å². The summed E-state index contributed by atoms with van der Waals surface area (Å²) in [6.45, 7) is 4.28. The highest BCUT2D eigenvalue weighted by Gasteiger charge is 2.20. The first-order chi connectivity index (χ1) is 8.58. The van der Waals surface area contributed by atoms with Crippen molar-refractivity contribution in [2.24, 2.45) is 11.7 Å². The topological polar surface area (TPSA) is 44.5 Å². The van der Waals surface area contributed by atoms with E-state index in [1.165, 1.54) is 5.56 Å². The molecule has 0 heterocycles. The normalized spacial score (nSPS) is 14.6. The number of nitrogens with two attached hydrogens (primary N) is 1. The van der Waals surface area contributed by atoms with Crippen LogP contribution in [0.5, 0.6) is 5.75 Å². The Morgan fingerprint density at radius 1 is 1.11 bits per heavy atom. The van der Waals surface area contributed by atoms with Crippen LogP contribution < -0.4 is 10.5 Å². The summed E-state index contributed by atoms with van der Waals surface area (Å²) < 4.78 is 10.6. The molecule has 102 valence electrons. The highest BCUT2D eigenvalue weighted by molar-refractivity contribution is 5.27. The largest absolute Gasteiger partial charge is 0.497 e. The molecular weight excluding hydrogens is 226 g/mol. The fourth-order valence-electron chi connectivity index (χ4n) is 2.23. The lowest BCUT2D eigenvalue weighted by molar-refractivity contribution is 0.0419. The SMILES string of the molecule is COc1ccc(CCC(N)C(OC)C(C)C)cc1. The van der Waals surface area contributed by atoms with Gasteiger partial charge in [-0.15, -0.1) is 0 Å². The Hall–Kier alpha value is -1.06. The molecule has 0 bridgehead atoms. The summed E-state index contributed by atoms with van der Waals surface area (Å²) in [5.41, 5.74) is 7.47. The smallest absolute Gasteiger partial charge is 0.118 e. The maximum absolute atomic E-state index is 6.18. The van der Waals surface area contributed by atoms with E-state index in [2.05, 4.69) is 26.0 Å². The third-order valence-electron chi connectivity index (χ3n) is 3.28. The number of hydrogen-bond acceptors (Lipinski definition) is 3. The van der Waals surface area contributed by atoms with Gasteiger partial charge in [0.05, 0.1) is 13.2 Å². The average Bonchev–Trinajstić information content (AvgIpc) is 2.37. The Labute approximate surface area is 110 Å². The van der Waals surface area contributed by atoms with Crippen LogP contribution in [0.3, 0.4) is 0 Å². The molecule has 2 N–H and O–H groups in total. The Bertz CT molecular complexity index is 335. The van der Waals surface area contributed by atoms with Crippen molar-refractivity contribution in [3.63, 3.8) is 0 Å². The summed E-state index contributed by atoms with van der Waals surface area (Å²) in [4.78, 5) is 0. The van der Waals surface area contributed by atoms with Crippen molar-refractivity contribution >= 4 is 0 Å². The molecule has 18 heavy (non-hydrogen) atoms. The van der Waals surface area contributed by atoms with Crippen molar-refractivity contribution < 1.29 is 9.47 Å². The molecule has 2 unspecified atom stereocenters. The molecule has 0 aliphatic rings. The molecule has 1 aromatic carbocycles. The van der Waals surface area contributed by atoms with Gasteiger partial charge in [0.25, 0.3) is 0 Å². The Balaban J connectivity index is 2.48. The van der Waals surface area contributed by atoms with Gasteiger partial charge in [-0.25, -0.2) is 0 Å². The van der Waals surface area contributed by atoms with Gasteiger partial charge in [-0.1, -0.05) is 26.0 Å². The van der Waals surface area contributed by atoms with Gasteiger partial charge >= 0.3 is 0 Å². The fourth-order valence-corrected chi connectivity index (χ4v) is 2.23. The van der Waals surface area contributed by atoms with Crippen LogP contribution in [-0.2, 0) is 11.2 Å². The van der Waals surface area contributed by atoms with E-state index in [0.29, 0.717) is 5.92 Å². The van der Waals surface area contributed by atoms with Crippen LogP contribution in [-0.4, -0.2) is 26.4 Å². The van der Waals surface area contributed by atoms with Crippen LogP contribution in [0.4, 0.5) is 0 Å². The maximum Gasteiger partial charge on any atom is 0.118 e. The highest BCUT2D eigenvalue weighted by Crippen LogP contribution is 2.16. The standard InChI is InChI=1S/C15H25NO2/c1-11(2)15(18-4)14(16)10-7-12-5-8-13(17-3)9-6-12/h5-6,8-9,11,14-15H,7,10,16H2,1-4H3. The lowest BCUT2D eigenvalue weighted by atomic mass is 9.95. The highest BCUT2D eigenvalue weighted by atomic mass is 16.5. The van der Waals surface area contributed by atoms with Crippen molar-refractivity contribution in [2.45, 2.75) is 38.8 Å². The molecule has 0 fully saturated rings. The van der Waals surface area contributed by atoms with E-state index in [0.717, 1.165) is 18.6 Å². The minimum absolute atomic E-state index is 0.0806.